The van der Waals surface area contributed by atoms with E-state index in [-0.39, 0.29) is 11.2 Å². The van der Waals surface area contributed by atoms with Crippen LogP contribution in [0.1, 0.15) is 34.1 Å². The van der Waals surface area contributed by atoms with E-state index in [2.05, 4.69) is 18.4 Å². The number of Topliss-reactive ketones (excluding diaryl/α,β-unsaturated/α-hetero) is 1. The predicted octanol–water partition coefficient (Wildman–Crippen LogP) is 1.60. The van der Waals surface area contributed by atoms with Crippen LogP contribution in [-0.2, 0) is 4.79 Å². The van der Waals surface area contributed by atoms with E-state index in [4.69, 9.17) is 0 Å². The molecule has 2 N–H and O–H groups in total. The third kappa shape index (κ3) is 2.90. The Morgan fingerprint density at radius 2 is 2.11 bits per heavy atom. The molecule has 98 valence electrons. The van der Waals surface area contributed by atoms with Crippen molar-refractivity contribution in [2.24, 2.45) is 5.41 Å². The average molecular weight is 248 g/mol. The van der Waals surface area contributed by atoms with Gasteiger partial charge in [-0.1, -0.05) is 32.3 Å². The van der Waals surface area contributed by atoms with Gasteiger partial charge in [0.05, 0.1) is 0 Å². The van der Waals surface area contributed by atoms with Crippen LogP contribution < -0.4 is 0 Å². The zero-order chi connectivity index (χ0) is 14.1. The highest BCUT2D eigenvalue weighted by molar-refractivity contribution is 6.00. The smallest absolute Gasteiger partial charge is 0.187 e. The van der Waals surface area contributed by atoms with E-state index in [1.165, 1.54) is 13.0 Å². The molecule has 1 aliphatic carbocycles. The van der Waals surface area contributed by atoms with Crippen LogP contribution >= 0.6 is 0 Å². The lowest BCUT2D eigenvalue weighted by Crippen LogP contribution is -2.36. The molecule has 1 aliphatic rings. The number of aliphatic hydroxyl groups is 2. The average Bonchev–Trinajstić information content (AvgIpc) is 2.25. The molecule has 2 atom stereocenters. The highest BCUT2D eigenvalue weighted by atomic mass is 16.3. The normalized spacial score (nSPS) is 26.1. The molecule has 18 heavy (non-hydrogen) atoms. The number of hydrogen-bond donors (Lipinski definition) is 2. The molecule has 0 aromatic carbocycles. The molecular formula is C15H20O3. The van der Waals surface area contributed by atoms with E-state index in [1.54, 1.807) is 6.92 Å². The number of aliphatic hydroxyl groups excluding tert-OH is 1. The summed E-state index contributed by atoms with van der Waals surface area (Å²) in [4.78, 5) is 11.8. The van der Waals surface area contributed by atoms with Gasteiger partial charge in [0.15, 0.2) is 5.78 Å². The first-order valence-electron chi connectivity index (χ1n) is 5.93. The van der Waals surface area contributed by atoms with E-state index in [9.17, 15) is 15.0 Å². The molecule has 1 unspecified atom stereocenters. The minimum absolute atomic E-state index is 0.281. The molecule has 0 aliphatic heterocycles. The highest BCUT2D eigenvalue weighted by Crippen LogP contribution is 2.38. The Morgan fingerprint density at radius 3 is 2.61 bits per heavy atom. The molecule has 1 rings (SSSR count). The van der Waals surface area contributed by atoms with Crippen molar-refractivity contribution in [1.82, 2.24) is 0 Å². The van der Waals surface area contributed by atoms with Crippen molar-refractivity contribution in [3.05, 3.63) is 23.8 Å². The second-order valence-electron chi connectivity index (χ2n) is 5.57. The SMILES string of the molecule is C=CC(C)(O)C#CC1=C(C)C(=O)[C@@H](O)CC1(C)C. The summed E-state index contributed by atoms with van der Waals surface area (Å²) in [6, 6.07) is 0. The van der Waals surface area contributed by atoms with Crippen molar-refractivity contribution in [2.75, 3.05) is 0 Å². The summed E-state index contributed by atoms with van der Waals surface area (Å²) < 4.78 is 0. The molecule has 0 radical (unpaired) electrons. The quantitative estimate of drug-likeness (QED) is 0.547. The van der Waals surface area contributed by atoms with Gasteiger partial charge in [0.2, 0.25) is 0 Å². The number of allylic oxidation sites excluding steroid dienone is 1. The fourth-order valence-corrected chi connectivity index (χ4v) is 2.06. The summed E-state index contributed by atoms with van der Waals surface area (Å²) in [5.74, 6) is 5.30. The van der Waals surface area contributed by atoms with Gasteiger partial charge in [-0.05, 0) is 26.3 Å². The molecule has 0 amide bonds. The van der Waals surface area contributed by atoms with Crippen molar-refractivity contribution >= 4 is 5.78 Å². The summed E-state index contributed by atoms with van der Waals surface area (Å²) in [7, 11) is 0. The fraction of sp³-hybridized carbons (Fsp3) is 0.533. The number of ketones is 1. The highest BCUT2D eigenvalue weighted by Gasteiger charge is 2.37. The topological polar surface area (TPSA) is 57.5 Å². The lowest BCUT2D eigenvalue weighted by atomic mass is 9.71. The molecule has 3 heteroatoms. The number of carbonyl (C=O) groups excluding carboxylic acids is 1. The second kappa shape index (κ2) is 4.72. The summed E-state index contributed by atoms with van der Waals surface area (Å²) in [6.07, 6.45) is 0.747. The van der Waals surface area contributed by atoms with E-state index in [0.29, 0.717) is 17.6 Å². The van der Waals surface area contributed by atoms with Crippen LogP contribution in [0, 0.1) is 17.3 Å². The van der Waals surface area contributed by atoms with Crippen molar-refractivity contribution in [3.63, 3.8) is 0 Å². The molecule has 0 aromatic rings. The summed E-state index contributed by atoms with van der Waals surface area (Å²) >= 11 is 0. The lowest BCUT2D eigenvalue weighted by Gasteiger charge is -2.33. The molecule has 0 bridgehead atoms. The van der Waals surface area contributed by atoms with Gasteiger partial charge in [0.25, 0.3) is 0 Å². The van der Waals surface area contributed by atoms with Gasteiger partial charge in [0, 0.05) is 16.6 Å². The summed E-state index contributed by atoms with van der Waals surface area (Å²) in [5.41, 5.74) is -0.490. The molecule has 0 saturated carbocycles. The van der Waals surface area contributed by atoms with Crippen LogP contribution in [0.2, 0.25) is 0 Å². The fourth-order valence-electron chi connectivity index (χ4n) is 2.06. The summed E-state index contributed by atoms with van der Waals surface area (Å²) in [6.45, 7) is 10.6. The van der Waals surface area contributed by atoms with Crippen LogP contribution in [0.3, 0.4) is 0 Å². The van der Waals surface area contributed by atoms with Gasteiger partial charge in [-0.2, -0.15) is 0 Å². The number of rotatable bonds is 1. The maximum absolute atomic E-state index is 11.8. The largest absolute Gasteiger partial charge is 0.385 e. The van der Waals surface area contributed by atoms with Crippen molar-refractivity contribution in [2.45, 2.75) is 45.8 Å². The van der Waals surface area contributed by atoms with Crippen LogP contribution in [-0.4, -0.2) is 27.7 Å². The number of carbonyl (C=O) groups is 1. The first-order valence-corrected chi connectivity index (χ1v) is 5.93. The lowest BCUT2D eigenvalue weighted by molar-refractivity contribution is -0.125. The van der Waals surface area contributed by atoms with Crippen LogP contribution in [0.4, 0.5) is 0 Å². The van der Waals surface area contributed by atoms with Gasteiger partial charge in [0.1, 0.15) is 11.7 Å². The minimum atomic E-state index is -1.28. The molecular weight excluding hydrogens is 228 g/mol. The Morgan fingerprint density at radius 1 is 1.56 bits per heavy atom. The molecule has 0 aromatic heterocycles. The molecule has 0 fully saturated rings. The Bertz CT molecular complexity index is 470. The standard InChI is InChI=1S/C15H20O3/c1-6-15(5,18)8-7-11-10(2)13(17)12(16)9-14(11,3)4/h6,12,16,18H,1,9H2,2-5H3/t12-,15?/m0/s1. The maximum Gasteiger partial charge on any atom is 0.187 e. The number of hydrogen-bond acceptors (Lipinski definition) is 3. The van der Waals surface area contributed by atoms with Crippen molar-refractivity contribution in [1.29, 1.82) is 0 Å². The van der Waals surface area contributed by atoms with Crippen LogP contribution in [0.5, 0.6) is 0 Å². The van der Waals surface area contributed by atoms with Crippen molar-refractivity contribution < 1.29 is 15.0 Å². The molecule has 0 heterocycles. The zero-order valence-electron chi connectivity index (χ0n) is 11.4. The molecule has 0 spiro atoms. The maximum atomic E-state index is 11.8. The molecule has 3 nitrogen and oxygen atoms in total. The Kier molecular flexibility index (Phi) is 3.85. The monoisotopic (exact) mass is 248 g/mol. The second-order valence-corrected chi connectivity index (χ2v) is 5.57. The van der Waals surface area contributed by atoms with Gasteiger partial charge in [-0.3, -0.25) is 4.79 Å². The first-order chi connectivity index (χ1) is 8.10. The van der Waals surface area contributed by atoms with E-state index in [0.717, 1.165) is 0 Å². The van der Waals surface area contributed by atoms with Gasteiger partial charge in [-0.25, -0.2) is 0 Å². The van der Waals surface area contributed by atoms with Gasteiger partial charge >= 0.3 is 0 Å². The Labute approximate surface area is 108 Å². The van der Waals surface area contributed by atoms with Gasteiger partial charge < -0.3 is 10.2 Å². The zero-order valence-corrected chi connectivity index (χ0v) is 11.4. The first kappa shape index (κ1) is 14.7. The van der Waals surface area contributed by atoms with E-state index < -0.39 is 11.7 Å². The van der Waals surface area contributed by atoms with E-state index in [1.807, 2.05) is 13.8 Å². The molecule has 0 saturated heterocycles. The predicted molar refractivity (Wildman–Crippen MR) is 70.7 cm³/mol. The van der Waals surface area contributed by atoms with Crippen molar-refractivity contribution in [3.8, 4) is 11.8 Å². The third-order valence-corrected chi connectivity index (χ3v) is 3.27. The van der Waals surface area contributed by atoms with Gasteiger partial charge in [-0.15, -0.1) is 0 Å². The Balaban J connectivity index is 3.27. The van der Waals surface area contributed by atoms with Crippen LogP contribution in [0.25, 0.3) is 0 Å². The third-order valence-electron chi connectivity index (χ3n) is 3.27. The van der Waals surface area contributed by atoms with E-state index >= 15 is 0 Å². The Hall–Kier alpha value is -1.37. The van der Waals surface area contributed by atoms with Crippen LogP contribution in [0.15, 0.2) is 23.8 Å². The minimum Gasteiger partial charge on any atom is -0.385 e. The summed E-state index contributed by atoms with van der Waals surface area (Å²) in [5, 5.41) is 19.5.